The lowest BCUT2D eigenvalue weighted by Crippen LogP contribution is -2.12. The zero-order valence-electron chi connectivity index (χ0n) is 13.6. The first-order valence-corrected chi connectivity index (χ1v) is 8.81. The third-order valence-electron chi connectivity index (χ3n) is 4.11. The lowest BCUT2D eigenvalue weighted by atomic mass is 10.1. The van der Waals surface area contributed by atoms with Gasteiger partial charge in [-0.3, -0.25) is 4.79 Å². The average Bonchev–Trinajstić information content (AvgIpc) is 2.78. The molecule has 4 rings (SSSR count). The summed E-state index contributed by atoms with van der Waals surface area (Å²) < 4.78 is 17.9. The van der Waals surface area contributed by atoms with E-state index in [2.05, 4.69) is 21.2 Å². The normalized spacial score (nSPS) is 13.5. The van der Waals surface area contributed by atoms with Gasteiger partial charge in [-0.1, -0.05) is 15.9 Å². The second-order valence-corrected chi connectivity index (χ2v) is 6.78. The number of carbonyl (C=O) groups is 1. The number of hydrogen-bond acceptors (Lipinski definition) is 4. The summed E-state index contributed by atoms with van der Waals surface area (Å²) in [5, 5.41) is 3.78. The topological polar surface area (TPSA) is 60.7 Å². The highest BCUT2D eigenvalue weighted by atomic mass is 79.9. The van der Waals surface area contributed by atoms with Gasteiger partial charge in [-0.25, -0.2) is 0 Å². The minimum Gasteiger partial charge on any atom is -0.490 e. The molecule has 2 aromatic carbocycles. The van der Waals surface area contributed by atoms with Crippen LogP contribution in [0.15, 0.2) is 45.3 Å². The molecule has 0 radical (unpaired) electrons. The Morgan fingerprint density at radius 2 is 1.88 bits per heavy atom. The van der Waals surface area contributed by atoms with Gasteiger partial charge < -0.3 is 19.2 Å². The summed E-state index contributed by atoms with van der Waals surface area (Å²) in [6.45, 7) is 3.11. The van der Waals surface area contributed by atoms with Gasteiger partial charge in [0.15, 0.2) is 17.3 Å². The molecule has 0 saturated heterocycles. The Labute approximate surface area is 153 Å². The van der Waals surface area contributed by atoms with Crippen molar-refractivity contribution in [2.45, 2.75) is 13.3 Å². The highest BCUT2D eigenvalue weighted by Crippen LogP contribution is 2.33. The van der Waals surface area contributed by atoms with Crippen LogP contribution in [0.4, 0.5) is 5.69 Å². The van der Waals surface area contributed by atoms with Crippen molar-refractivity contribution in [3.63, 3.8) is 0 Å². The van der Waals surface area contributed by atoms with Gasteiger partial charge in [0.25, 0.3) is 5.91 Å². The number of ether oxygens (including phenoxy) is 2. The molecular weight excluding hydrogens is 386 g/mol. The molecule has 0 spiro atoms. The minimum atomic E-state index is -0.292. The molecule has 0 unspecified atom stereocenters. The molecule has 0 saturated carbocycles. The van der Waals surface area contributed by atoms with Gasteiger partial charge in [0.1, 0.15) is 5.58 Å². The van der Waals surface area contributed by atoms with Crippen molar-refractivity contribution in [3.05, 3.63) is 52.2 Å². The van der Waals surface area contributed by atoms with Crippen LogP contribution in [0.5, 0.6) is 11.5 Å². The monoisotopic (exact) mass is 401 g/mol. The zero-order valence-corrected chi connectivity index (χ0v) is 15.2. The van der Waals surface area contributed by atoms with Gasteiger partial charge in [-0.15, -0.1) is 0 Å². The Hall–Kier alpha value is -2.47. The molecule has 1 aromatic heterocycles. The Bertz CT molecular complexity index is 963. The van der Waals surface area contributed by atoms with E-state index in [1.165, 1.54) is 0 Å². The number of carbonyl (C=O) groups excluding carboxylic acids is 1. The number of fused-ring (bicyclic) bond motifs is 2. The van der Waals surface area contributed by atoms with E-state index < -0.39 is 0 Å². The van der Waals surface area contributed by atoms with E-state index >= 15 is 0 Å². The van der Waals surface area contributed by atoms with Crippen LogP contribution in [-0.2, 0) is 0 Å². The molecule has 1 N–H and O–H groups in total. The Balaban J connectivity index is 1.62. The summed E-state index contributed by atoms with van der Waals surface area (Å²) in [5.74, 6) is 1.35. The average molecular weight is 402 g/mol. The molecule has 2 heterocycles. The van der Waals surface area contributed by atoms with Crippen molar-refractivity contribution >= 4 is 38.5 Å². The third kappa shape index (κ3) is 3.09. The fraction of sp³-hybridized carbons (Fsp3) is 0.211. The van der Waals surface area contributed by atoms with Crippen LogP contribution in [-0.4, -0.2) is 19.1 Å². The molecule has 6 heteroatoms. The quantitative estimate of drug-likeness (QED) is 0.661. The van der Waals surface area contributed by atoms with E-state index in [0.717, 1.165) is 21.8 Å². The summed E-state index contributed by atoms with van der Waals surface area (Å²) in [7, 11) is 0. The molecule has 0 aliphatic carbocycles. The predicted molar refractivity (Wildman–Crippen MR) is 98.7 cm³/mol. The van der Waals surface area contributed by atoms with Gasteiger partial charge >= 0.3 is 0 Å². The first-order valence-electron chi connectivity index (χ1n) is 8.01. The Morgan fingerprint density at radius 3 is 2.72 bits per heavy atom. The zero-order chi connectivity index (χ0) is 17.4. The Kier molecular flexibility index (Phi) is 4.13. The molecule has 0 fully saturated rings. The fourth-order valence-corrected chi connectivity index (χ4v) is 3.20. The molecular formula is C19H16BrNO4. The molecule has 1 aliphatic heterocycles. The summed E-state index contributed by atoms with van der Waals surface area (Å²) >= 11 is 3.44. The lowest BCUT2D eigenvalue weighted by molar-refractivity contribution is 0.0998. The van der Waals surface area contributed by atoms with Crippen LogP contribution in [0.3, 0.4) is 0 Å². The number of furan rings is 1. The second-order valence-electron chi connectivity index (χ2n) is 5.86. The van der Waals surface area contributed by atoms with Crippen LogP contribution >= 0.6 is 15.9 Å². The van der Waals surface area contributed by atoms with Gasteiger partial charge in [-0.2, -0.15) is 0 Å². The number of hydrogen-bond donors (Lipinski definition) is 1. The maximum atomic E-state index is 12.6. The molecule has 0 bridgehead atoms. The first-order chi connectivity index (χ1) is 12.1. The summed E-state index contributed by atoms with van der Waals surface area (Å²) in [6.07, 6.45) is 0.837. The van der Waals surface area contributed by atoms with E-state index in [-0.39, 0.29) is 5.91 Å². The number of nitrogens with one attached hydrogen (secondary N) is 1. The predicted octanol–water partition coefficient (Wildman–Crippen LogP) is 4.92. The van der Waals surface area contributed by atoms with Gasteiger partial charge in [-0.05, 0) is 37.3 Å². The van der Waals surface area contributed by atoms with Crippen LogP contribution in [0, 0.1) is 6.92 Å². The van der Waals surface area contributed by atoms with E-state index in [1.54, 1.807) is 18.2 Å². The van der Waals surface area contributed by atoms with Crippen molar-refractivity contribution in [2.24, 2.45) is 0 Å². The maximum Gasteiger partial charge on any atom is 0.291 e. The third-order valence-corrected chi connectivity index (χ3v) is 4.60. The summed E-state index contributed by atoms with van der Waals surface area (Å²) in [5.41, 5.74) is 2.13. The standard InChI is InChI=1S/C19H16BrNO4/c1-11-14-9-12(20)3-5-15(14)25-18(11)19(22)21-13-4-6-16-17(10-13)24-8-2-7-23-16/h3-6,9-10H,2,7-8H2,1H3,(H,21,22). The minimum absolute atomic E-state index is 0.292. The molecule has 0 atom stereocenters. The van der Waals surface area contributed by atoms with E-state index in [4.69, 9.17) is 13.9 Å². The van der Waals surface area contributed by atoms with Crippen LogP contribution < -0.4 is 14.8 Å². The first kappa shape index (κ1) is 16.0. The summed E-state index contributed by atoms with van der Waals surface area (Å²) in [6, 6.07) is 11.0. The van der Waals surface area contributed by atoms with Crippen molar-refractivity contribution in [1.29, 1.82) is 0 Å². The summed E-state index contributed by atoms with van der Waals surface area (Å²) in [4.78, 5) is 12.6. The van der Waals surface area contributed by atoms with Crippen molar-refractivity contribution in [3.8, 4) is 11.5 Å². The molecule has 128 valence electrons. The second kappa shape index (κ2) is 6.44. The van der Waals surface area contributed by atoms with E-state index in [1.807, 2.05) is 25.1 Å². The molecule has 3 aromatic rings. The SMILES string of the molecule is Cc1c(C(=O)Nc2ccc3c(c2)OCCCO3)oc2ccc(Br)cc12. The highest BCUT2D eigenvalue weighted by molar-refractivity contribution is 9.10. The highest BCUT2D eigenvalue weighted by Gasteiger charge is 2.19. The van der Waals surface area contributed by atoms with Crippen molar-refractivity contribution in [2.75, 3.05) is 18.5 Å². The van der Waals surface area contributed by atoms with Crippen molar-refractivity contribution in [1.82, 2.24) is 0 Å². The number of halogens is 1. The fourth-order valence-electron chi connectivity index (χ4n) is 2.84. The number of benzene rings is 2. The number of amides is 1. The van der Waals surface area contributed by atoms with Gasteiger partial charge in [0.05, 0.1) is 13.2 Å². The molecule has 1 amide bonds. The van der Waals surface area contributed by atoms with E-state index in [9.17, 15) is 4.79 Å². The number of aryl methyl sites for hydroxylation is 1. The van der Waals surface area contributed by atoms with E-state index in [0.29, 0.717) is 41.7 Å². The number of rotatable bonds is 2. The molecule has 25 heavy (non-hydrogen) atoms. The number of anilines is 1. The smallest absolute Gasteiger partial charge is 0.291 e. The molecule has 5 nitrogen and oxygen atoms in total. The largest absolute Gasteiger partial charge is 0.490 e. The van der Waals surface area contributed by atoms with Gasteiger partial charge in [0, 0.05) is 33.6 Å². The maximum absolute atomic E-state index is 12.6. The Morgan fingerprint density at radius 1 is 1.08 bits per heavy atom. The van der Waals surface area contributed by atoms with Crippen LogP contribution in [0.2, 0.25) is 0 Å². The molecule has 1 aliphatic rings. The van der Waals surface area contributed by atoms with Crippen LogP contribution in [0.25, 0.3) is 11.0 Å². The van der Waals surface area contributed by atoms with Crippen molar-refractivity contribution < 1.29 is 18.7 Å². The lowest BCUT2D eigenvalue weighted by Gasteiger charge is -2.10. The van der Waals surface area contributed by atoms with Gasteiger partial charge in [0.2, 0.25) is 0 Å². The van der Waals surface area contributed by atoms with Crippen LogP contribution in [0.1, 0.15) is 22.5 Å².